The van der Waals surface area contributed by atoms with E-state index in [-0.39, 0.29) is 5.69 Å². The molecule has 4 nitrogen and oxygen atoms in total. The molecule has 4 rings (SSSR count). The minimum atomic E-state index is -4.50. The molecule has 32 heavy (non-hydrogen) atoms. The van der Waals surface area contributed by atoms with Gasteiger partial charge in [-0.15, -0.1) is 0 Å². The Bertz CT molecular complexity index is 1180. The zero-order valence-electron chi connectivity index (χ0n) is 17.1. The van der Waals surface area contributed by atoms with Crippen LogP contribution < -0.4 is 9.75 Å². The van der Waals surface area contributed by atoms with Crippen molar-refractivity contribution in [2.45, 2.75) is 19.7 Å². The number of hydrogen-bond acceptors (Lipinski definition) is 3. The number of nitrogens with zero attached hydrogens (tertiary/aromatic N) is 2. The Morgan fingerprint density at radius 1 is 0.969 bits per heavy atom. The molecule has 0 saturated carbocycles. The zero-order valence-corrected chi connectivity index (χ0v) is 17.1. The maximum absolute atomic E-state index is 13.0. The molecular formula is C25H19F3N2O2. The van der Waals surface area contributed by atoms with Crippen molar-refractivity contribution < 1.29 is 22.7 Å². The van der Waals surface area contributed by atoms with Crippen LogP contribution in [0.2, 0.25) is 0 Å². The van der Waals surface area contributed by atoms with Crippen molar-refractivity contribution in [2.75, 3.05) is 5.01 Å². The van der Waals surface area contributed by atoms with E-state index >= 15 is 0 Å². The highest BCUT2D eigenvalue weighted by Crippen LogP contribution is 2.33. The molecule has 0 unspecified atom stereocenters. The van der Waals surface area contributed by atoms with Gasteiger partial charge in [-0.1, -0.05) is 48.5 Å². The highest BCUT2D eigenvalue weighted by Gasteiger charge is 2.33. The third-order valence-corrected chi connectivity index (χ3v) is 4.92. The first kappa shape index (κ1) is 21.4. The van der Waals surface area contributed by atoms with E-state index in [9.17, 15) is 18.0 Å². The van der Waals surface area contributed by atoms with Gasteiger partial charge in [0.25, 0.3) is 5.91 Å². The Hall–Kier alpha value is -3.87. The van der Waals surface area contributed by atoms with Crippen LogP contribution in [0.5, 0.6) is 5.75 Å². The summed E-state index contributed by atoms with van der Waals surface area (Å²) in [5, 5.41) is 5.15. The second-order valence-electron chi connectivity index (χ2n) is 7.25. The number of hydrogen-bond donors (Lipinski definition) is 0. The Morgan fingerprint density at radius 3 is 2.38 bits per heavy atom. The third kappa shape index (κ3) is 4.72. The lowest BCUT2D eigenvalue weighted by molar-refractivity contribution is -0.137. The fraction of sp³-hybridized carbons (Fsp3) is 0.120. The van der Waals surface area contributed by atoms with Crippen molar-refractivity contribution in [1.29, 1.82) is 0 Å². The average Bonchev–Trinajstić information content (AvgIpc) is 3.07. The minimum absolute atomic E-state index is 0.0669. The zero-order chi connectivity index (χ0) is 22.7. The number of halogens is 3. The number of rotatable bonds is 5. The van der Waals surface area contributed by atoms with E-state index in [2.05, 4.69) is 5.10 Å². The standard InChI is InChI=1S/C25H19F3N2O2/c1-17-23(24(31)30(29-17)21-9-5-8-20(15-21)25(26,27)28)14-18-10-12-22(13-11-18)32-16-19-6-3-2-4-7-19/h2-15H,16H2,1H3/b23-14+. The van der Waals surface area contributed by atoms with Crippen LogP contribution in [0.3, 0.4) is 0 Å². The summed E-state index contributed by atoms with van der Waals surface area (Å²) in [7, 11) is 0. The lowest BCUT2D eigenvalue weighted by atomic mass is 10.1. The summed E-state index contributed by atoms with van der Waals surface area (Å²) in [5.74, 6) is 0.205. The summed E-state index contributed by atoms with van der Waals surface area (Å²) < 4.78 is 44.8. The molecule has 0 spiro atoms. The van der Waals surface area contributed by atoms with Crippen molar-refractivity contribution in [3.8, 4) is 5.75 Å². The van der Waals surface area contributed by atoms with Crippen LogP contribution in [0.4, 0.5) is 18.9 Å². The second kappa shape index (κ2) is 8.70. The Labute approximate surface area is 183 Å². The molecule has 0 radical (unpaired) electrons. The number of carbonyl (C=O) groups excluding carboxylic acids is 1. The topological polar surface area (TPSA) is 41.9 Å². The second-order valence-corrected chi connectivity index (χ2v) is 7.25. The molecule has 3 aromatic carbocycles. The van der Waals surface area contributed by atoms with Crippen LogP contribution in [-0.4, -0.2) is 11.6 Å². The number of hydrazone groups is 1. The van der Waals surface area contributed by atoms with E-state index in [0.29, 0.717) is 23.6 Å². The number of carbonyl (C=O) groups is 1. The van der Waals surface area contributed by atoms with Gasteiger partial charge in [-0.3, -0.25) is 4.79 Å². The molecule has 0 fully saturated rings. The van der Waals surface area contributed by atoms with Gasteiger partial charge in [0.2, 0.25) is 0 Å². The van der Waals surface area contributed by atoms with E-state index < -0.39 is 17.6 Å². The summed E-state index contributed by atoms with van der Waals surface area (Å²) in [5.41, 5.74) is 1.78. The minimum Gasteiger partial charge on any atom is -0.489 e. The maximum Gasteiger partial charge on any atom is 0.416 e. The van der Waals surface area contributed by atoms with Gasteiger partial charge in [-0.2, -0.15) is 23.3 Å². The molecule has 0 bridgehead atoms. The van der Waals surface area contributed by atoms with Gasteiger partial charge in [0.05, 0.1) is 22.5 Å². The van der Waals surface area contributed by atoms with E-state index in [1.54, 1.807) is 37.3 Å². The molecule has 7 heteroatoms. The van der Waals surface area contributed by atoms with Crippen LogP contribution in [0, 0.1) is 0 Å². The van der Waals surface area contributed by atoms with Crippen LogP contribution in [0.25, 0.3) is 6.08 Å². The normalized spacial score (nSPS) is 15.2. The van der Waals surface area contributed by atoms with Crippen LogP contribution in [-0.2, 0) is 17.6 Å². The molecule has 1 amide bonds. The monoisotopic (exact) mass is 436 g/mol. The highest BCUT2D eigenvalue weighted by molar-refractivity contribution is 6.32. The van der Waals surface area contributed by atoms with Crippen LogP contribution in [0.1, 0.15) is 23.6 Å². The van der Waals surface area contributed by atoms with Crippen molar-refractivity contribution >= 4 is 23.4 Å². The quantitative estimate of drug-likeness (QED) is 0.454. The van der Waals surface area contributed by atoms with Gasteiger partial charge < -0.3 is 4.74 Å². The van der Waals surface area contributed by atoms with E-state index in [1.807, 2.05) is 30.3 Å². The van der Waals surface area contributed by atoms with Gasteiger partial charge in [0.15, 0.2) is 0 Å². The number of anilines is 1. The molecular weight excluding hydrogens is 417 g/mol. The van der Waals surface area contributed by atoms with Crippen molar-refractivity contribution in [1.82, 2.24) is 0 Å². The van der Waals surface area contributed by atoms with Crippen LogP contribution in [0.15, 0.2) is 89.5 Å². The largest absolute Gasteiger partial charge is 0.489 e. The number of amides is 1. The first-order chi connectivity index (χ1) is 15.3. The smallest absolute Gasteiger partial charge is 0.416 e. The lowest BCUT2D eigenvalue weighted by Crippen LogP contribution is -2.21. The Morgan fingerprint density at radius 2 is 1.69 bits per heavy atom. The predicted octanol–water partition coefficient (Wildman–Crippen LogP) is 6.09. The van der Waals surface area contributed by atoms with Crippen LogP contribution >= 0.6 is 0 Å². The number of benzene rings is 3. The summed E-state index contributed by atoms with van der Waals surface area (Å²) >= 11 is 0. The van der Waals surface area contributed by atoms with Gasteiger partial charge in [0.1, 0.15) is 12.4 Å². The van der Waals surface area contributed by atoms with Crippen molar-refractivity contribution in [3.63, 3.8) is 0 Å². The first-order valence-corrected chi connectivity index (χ1v) is 9.87. The molecule has 0 aliphatic carbocycles. The van der Waals surface area contributed by atoms with Gasteiger partial charge in [-0.05, 0) is 54.5 Å². The van der Waals surface area contributed by atoms with E-state index in [0.717, 1.165) is 28.3 Å². The number of alkyl halides is 3. The summed E-state index contributed by atoms with van der Waals surface area (Å²) in [6.07, 6.45) is -2.84. The molecule has 3 aromatic rings. The maximum atomic E-state index is 13.0. The van der Waals surface area contributed by atoms with Gasteiger partial charge >= 0.3 is 6.18 Å². The Balaban J connectivity index is 1.49. The summed E-state index contributed by atoms with van der Waals surface area (Å²) in [4.78, 5) is 12.8. The predicted molar refractivity (Wildman–Crippen MR) is 117 cm³/mol. The van der Waals surface area contributed by atoms with E-state index in [1.165, 1.54) is 12.1 Å². The van der Waals surface area contributed by atoms with E-state index in [4.69, 9.17) is 4.74 Å². The third-order valence-electron chi connectivity index (χ3n) is 4.92. The summed E-state index contributed by atoms with van der Waals surface area (Å²) in [6, 6.07) is 21.5. The Kier molecular flexibility index (Phi) is 5.81. The van der Waals surface area contributed by atoms with Crippen molar-refractivity contribution in [3.05, 3.63) is 101 Å². The summed E-state index contributed by atoms with van der Waals surface area (Å²) in [6.45, 7) is 2.09. The van der Waals surface area contributed by atoms with Gasteiger partial charge in [-0.25, -0.2) is 0 Å². The highest BCUT2D eigenvalue weighted by atomic mass is 19.4. The molecule has 0 atom stereocenters. The molecule has 1 aliphatic heterocycles. The molecule has 1 aliphatic rings. The van der Waals surface area contributed by atoms with Crippen molar-refractivity contribution in [2.24, 2.45) is 5.10 Å². The molecule has 0 N–H and O–H groups in total. The fourth-order valence-corrected chi connectivity index (χ4v) is 3.24. The average molecular weight is 436 g/mol. The molecule has 162 valence electrons. The molecule has 0 aromatic heterocycles. The fourth-order valence-electron chi connectivity index (χ4n) is 3.24. The molecule has 0 saturated heterocycles. The van der Waals surface area contributed by atoms with Gasteiger partial charge in [0, 0.05) is 0 Å². The lowest BCUT2D eigenvalue weighted by Gasteiger charge is -2.14. The first-order valence-electron chi connectivity index (χ1n) is 9.87. The number of ether oxygens (including phenoxy) is 1. The molecule has 1 heterocycles. The SMILES string of the molecule is CC1=NN(c2cccc(C(F)(F)F)c2)C(=O)/C1=C/c1ccc(OCc2ccccc2)cc1.